The van der Waals surface area contributed by atoms with Gasteiger partial charge in [0.2, 0.25) is 0 Å². The Bertz CT molecular complexity index is 389. The van der Waals surface area contributed by atoms with Crippen LogP contribution in [-0.2, 0) is 6.54 Å². The smallest absolute Gasteiger partial charge is 0.137 e. The summed E-state index contributed by atoms with van der Waals surface area (Å²) < 4.78 is 13.6. The van der Waals surface area contributed by atoms with Gasteiger partial charge in [0, 0.05) is 12.6 Å². The molecule has 0 aliphatic carbocycles. The number of benzene rings is 1. The van der Waals surface area contributed by atoms with Crippen molar-refractivity contribution in [3.05, 3.63) is 34.1 Å². The topological polar surface area (TPSA) is 15.3 Å². The molecule has 0 radical (unpaired) electrons. The molecule has 1 N–H and O–H groups in total. The number of hydrogen-bond acceptors (Lipinski definition) is 2. The summed E-state index contributed by atoms with van der Waals surface area (Å²) in [4.78, 5) is 2.48. The number of likely N-dealkylation sites (tertiary alicyclic amines) is 1. The Kier molecular flexibility index (Phi) is 5.15. The summed E-state index contributed by atoms with van der Waals surface area (Å²) in [6.07, 6.45) is 2.41. The minimum Gasteiger partial charge on any atom is -0.310 e. The van der Waals surface area contributed by atoms with Crippen LogP contribution in [0.1, 0.15) is 25.3 Å². The second kappa shape index (κ2) is 6.64. The molecule has 1 aromatic carbocycles. The third-order valence-electron chi connectivity index (χ3n) is 3.61. The zero-order valence-corrected chi connectivity index (χ0v) is 12.3. The summed E-state index contributed by atoms with van der Waals surface area (Å²) in [5.74, 6) is -0.199. The van der Waals surface area contributed by atoms with Crippen molar-refractivity contribution in [2.45, 2.75) is 32.4 Å². The lowest BCUT2D eigenvalue weighted by Crippen LogP contribution is -2.42. The molecule has 1 aliphatic rings. The van der Waals surface area contributed by atoms with Gasteiger partial charge < -0.3 is 10.2 Å². The van der Waals surface area contributed by atoms with E-state index >= 15 is 0 Å². The molecular formula is C14H20BrFN2. The Labute approximate surface area is 117 Å². The molecule has 100 valence electrons. The van der Waals surface area contributed by atoms with Gasteiger partial charge in [0.05, 0.1) is 4.47 Å². The standard InChI is InChI=1S/C14H20BrFN2/c1-2-18-7-5-12(6-8-18)17-10-11-3-4-14(16)13(15)9-11/h3-4,9,12,17H,2,5-8,10H2,1H3. The van der Waals surface area contributed by atoms with Crippen molar-refractivity contribution in [3.63, 3.8) is 0 Å². The van der Waals surface area contributed by atoms with Gasteiger partial charge in [-0.2, -0.15) is 0 Å². The highest BCUT2D eigenvalue weighted by Crippen LogP contribution is 2.17. The van der Waals surface area contributed by atoms with Crippen LogP contribution in [-0.4, -0.2) is 30.6 Å². The van der Waals surface area contributed by atoms with Gasteiger partial charge in [0.15, 0.2) is 0 Å². The summed E-state index contributed by atoms with van der Waals surface area (Å²) in [7, 11) is 0. The van der Waals surface area contributed by atoms with Gasteiger partial charge in [0.25, 0.3) is 0 Å². The number of piperidine rings is 1. The van der Waals surface area contributed by atoms with Crippen molar-refractivity contribution >= 4 is 15.9 Å². The molecule has 18 heavy (non-hydrogen) atoms. The molecule has 1 fully saturated rings. The van der Waals surface area contributed by atoms with Gasteiger partial charge >= 0.3 is 0 Å². The summed E-state index contributed by atoms with van der Waals surface area (Å²) >= 11 is 3.22. The van der Waals surface area contributed by atoms with E-state index < -0.39 is 0 Å². The van der Waals surface area contributed by atoms with E-state index in [2.05, 4.69) is 33.1 Å². The van der Waals surface area contributed by atoms with Crippen LogP contribution in [0.15, 0.2) is 22.7 Å². The monoisotopic (exact) mass is 314 g/mol. The third kappa shape index (κ3) is 3.77. The Morgan fingerprint density at radius 2 is 2.11 bits per heavy atom. The van der Waals surface area contributed by atoms with Crippen LogP contribution < -0.4 is 5.32 Å². The Morgan fingerprint density at radius 3 is 2.72 bits per heavy atom. The maximum atomic E-state index is 13.1. The minimum atomic E-state index is -0.199. The first-order valence-electron chi connectivity index (χ1n) is 6.58. The third-order valence-corrected chi connectivity index (χ3v) is 4.22. The van der Waals surface area contributed by atoms with Gasteiger partial charge in [-0.25, -0.2) is 4.39 Å². The van der Waals surface area contributed by atoms with E-state index in [0.717, 1.165) is 18.7 Å². The van der Waals surface area contributed by atoms with Crippen LogP contribution >= 0.6 is 15.9 Å². The van der Waals surface area contributed by atoms with Crippen LogP contribution in [0.2, 0.25) is 0 Å². The normalized spacial score (nSPS) is 18.2. The summed E-state index contributed by atoms with van der Waals surface area (Å²) in [6.45, 7) is 6.54. The van der Waals surface area contributed by atoms with Crippen molar-refractivity contribution in [2.24, 2.45) is 0 Å². The van der Waals surface area contributed by atoms with E-state index in [1.807, 2.05) is 12.1 Å². The number of halogens is 2. The molecule has 1 aromatic rings. The second-order valence-corrected chi connectivity index (χ2v) is 5.69. The predicted molar refractivity (Wildman–Crippen MR) is 76.1 cm³/mol. The summed E-state index contributed by atoms with van der Waals surface area (Å²) in [5, 5.41) is 3.56. The van der Waals surface area contributed by atoms with Crippen LogP contribution in [0.25, 0.3) is 0 Å². The van der Waals surface area contributed by atoms with Crippen LogP contribution in [0.3, 0.4) is 0 Å². The molecule has 0 saturated carbocycles. The molecule has 1 saturated heterocycles. The van der Waals surface area contributed by atoms with Gasteiger partial charge in [0.1, 0.15) is 5.82 Å². The molecule has 1 aliphatic heterocycles. The predicted octanol–water partition coefficient (Wildman–Crippen LogP) is 3.16. The van der Waals surface area contributed by atoms with Gasteiger partial charge in [-0.3, -0.25) is 0 Å². The molecular weight excluding hydrogens is 295 g/mol. The Hall–Kier alpha value is -0.450. The van der Waals surface area contributed by atoms with Gasteiger partial charge in [-0.1, -0.05) is 13.0 Å². The summed E-state index contributed by atoms with van der Waals surface area (Å²) in [6, 6.07) is 5.80. The van der Waals surface area contributed by atoms with E-state index in [4.69, 9.17) is 0 Å². The molecule has 0 atom stereocenters. The van der Waals surface area contributed by atoms with Crippen LogP contribution in [0, 0.1) is 5.82 Å². The lowest BCUT2D eigenvalue weighted by atomic mass is 10.0. The maximum absolute atomic E-state index is 13.1. The fourth-order valence-corrected chi connectivity index (χ4v) is 2.79. The largest absolute Gasteiger partial charge is 0.310 e. The number of rotatable bonds is 4. The molecule has 0 amide bonds. The first kappa shape index (κ1) is 14.0. The zero-order valence-electron chi connectivity index (χ0n) is 10.8. The molecule has 0 bridgehead atoms. The fourth-order valence-electron chi connectivity index (χ4n) is 2.37. The van der Waals surface area contributed by atoms with E-state index in [1.54, 1.807) is 0 Å². The molecule has 2 rings (SSSR count). The minimum absolute atomic E-state index is 0.199. The lowest BCUT2D eigenvalue weighted by Gasteiger charge is -2.31. The lowest BCUT2D eigenvalue weighted by molar-refractivity contribution is 0.206. The first-order chi connectivity index (χ1) is 8.69. The van der Waals surface area contributed by atoms with Crippen molar-refractivity contribution in [1.29, 1.82) is 0 Å². The molecule has 4 heteroatoms. The van der Waals surface area contributed by atoms with Crippen LogP contribution in [0.4, 0.5) is 4.39 Å². The number of hydrogen-bond donors (Lipinski definition) is 1. The fraction of sp³-hybridized carbons (Fsp3) is 0.571. The molecule has 0 aromatic heterocycles. The van der Waals surface area contributed by atoms with E-state index in [-0.39, 0.29) is 5.82 Å². The average Bonchev–Trinajstić information content (AvgIpc) is 2.41. The quantitative estimate of drug-likeness (QED) is 0.918. The number of nitrogens with one attached hydrogen (secondary N) is 1. The van der Waals surface area contributed by atoms with Crippen molar-refractivity contribution in [1.82, 2.24) is 10.2 Å². The Morgan fingerprint density at radius 1 is 1.39 bits per heavy atom. The van der Waals surface area contributed by atoms with E-state index in [1.165, 1.54) is 32.0 Å². The van der Waals surface area contributed by atoms with Crippen LogP contribution in [0.5, 0.6) is 0 Å². The SMILES string of the molecule is CCN1CCC(NCc2ccc(F)c(Br)c2)CC1. The first-order valence-corrected chi connectivity index (χ1v) is 7.38. The van der Waals surface area contributed by atoms with Crippen molar-refractivity contribution in [3.8, 4) is 0 Å². The second-order valence-electron chi connectivity index (χ2n) is 4.84. The van der Waals surface area contributed by atoms with Crippen molar-refractivity contribution < 1.29 is 4.39 Å². The number of nitrogens with zero attached hydrogens (tertiary/aromatic N) is 1. The summed E-state index contributed by atoms with van der Waals surface area (Å²) in [5.41, 5.74) is 1.13. The highest BCUT2D eigenvalue weighted by molar-refractivity contribution is 9.10. The van der Waals surface area contributed by atoms with Gasteiger partial charge in [-0.15, -0.1) is 0 Å². The molecule has 2 nitrogen and oxygen atoms in total. The highest BCUT2D eigenvalue weighted by atomic mass is 79.9. The van der Waals surface area contributed by atoms with E-state index in [9.17, 15) is 4.39 Å². The molecule has 0 spiro atoms. The average molecular weight is 315 g/mol. The maximum Gasteiger partial charge on any atom is 0.137 e. The van der Waals surface area contributed by atoms with Gasteiger partial charge in [-0.05, 0) is 66.1 Å². The molecule has 0 unspecified atom stereocenters. The highest BCUT2D eigenvalue weighted by Gasteiger charge is 2.17. The van der Waals surface area contributed by atoms with Crippen molar-refractivity contribution in [2.75, 3.05) is 19.6 Å². The van der Waals surface area contributed by atoms with E-state index in [0.29, 0.717) is 10.5 Å². The Balaban J connectivity index is 1.79. The zero-order chi connectivity index (χ0) is 13.0. The molecule has 1 heterocycles.